The normalized spacial score (nSPS) is 10.9. The van der Waals surface area contributed by atoms with Gasteiger partial charge in [-0.2, -0.15) is 0 Å². The fourth-order valence-corrected chi connectivity index (χ4v) is 2.75. The van der Waals surface area contributed by atoms with E-state index in [4.69, 9.17) is 5.73 Å². The summed E-state index contributed by atoms with van der Waals surface area (Å²) in [5.41, 5.74) is 5.45. The van der Waals surface area contributed by atoms with Crippen LogP contribution in [0, 0.1) is 5.92 Å². The minimum Gasteiger partial charge on any atom is -0.383 e. The summed E-state index contributed by atoms with van der Waals surface area (Å²) >= 11 is 0. The number of aromatic amines is 1. The monoisotopic (exact) mass is 358 g/mol. The highest BCUT2D eigenvalue weighted by molar-refractivity contribution is 6.07. The number of carbonyl (C=O) groups is 1. The standard InChI is InChI=1S/C19H26N4O3/c1-4-5-11-22-16(20)15(17(24)21-19(22)26)23(12-13(2)3)18(25)14-9-7-6-8-10-14/h6-10,13H,4-5,11-12,20H2,1-3H3,(H,21,24,26). The fraction of sp³-hybridized carbons (Fsp3) is 0.421. The molecule has 1 heterocycles. The summed E-state index contributed by atoms with van der Waals surface area (Å²) < 4.78 is 1.33. The van der Waals surface area contributed by atoms with E-state index in [1.54, 1.807) is 24.3 Å². The third kappa shape index (κ3) is 4.22. The summed E-state index contributed by atoms with van der Waals surface area (Å²) in [6.45, 7) is 6.59. The van der Waals surface area contributed by atoms with E-state index < -0.39 is 11.2 Å². The van der Waals surface area contributed by atoms with Crippen LogP contribution in [-0.4, -0.2) is 22.0 Å². The molecular formula is C19H26N4O3. The van der Waals surface area contributed by atoms with Crippen molar-refractivity contribution in [1.29, 1.82) is 0 Å². The number of amides is 1. The number of hydrogen-bond donors (Lipinski definition) is 2. The molecule has 0 radical (unpaired) electrons. The van der Waals surface area contributed by atoms with Gasteiger partial charge in [-0.1, -0.05) is 45.4 Å². The molecule has 0 fully saturated rings. The van der Waals surface area contributed by atoms with E-state index in [0.717, 1.165) is 12.8 Å². The lowest BCUT2D eigenvalue weighted by Crippen LogP contribution is -2.42. The van der Waals surface area contributed by atoms with Gasteiger partial charge < -0.3 is 10.6 Å². The molecule has 0 saturated heterocycles. The van der Waals surface area contributed by atoms with Crippen molar-refractivity contribution in [3.8, 4) is 0 Å². The molecule has 1 aromatic carbocycles. The lowest BCUT2D eigenvalue weighted by molar-refractivity contribution is 0.0983. The number of nitrogens with one attached hydrogen (secondary N) is 1. The van der Waals surface area contributed by atoms with E-state index in [9.17, 15) is 14.4 Å². The van der Waals surface area contributed by atoms with Crippen LogP contribution < -0.4 is 21.9 Å². The second kappa shape index (κ2) is 8.51. The number of unbranched alkanes of at least 4 members (excludes halogenated alkanes) is 1. The number of anilines is 2. The summed E-state index contributed by atoms with van der Waals surface area (Å²) in [6, 6.07) is 8.71. The van der Waals surface area contributed by atoms with Crippen LogP contribution in [0.25, 0.3) is 0 Å². The van der Waals surface area contributed by atoms with Gasteiger partial charge >= 0.3 is 5.69 Å². The van der Waals surface area contributed by atoms with Crippen molar-refractivity contribution in [1.82, 2.24) is 9.55 Å². The van der Waals surface area contributed by atoms with E-state index in [-0.39, 0.29) is 23.3 Å². The molecule has 0 atom stereocenters. The molecule has 0 aliphatic heterocycles. The second-order valence-corrected chi connectivity index (χ2v) is 6.67. The highest BCUT2D eigenvalue weighted by Crippen LogP contribution is 2.21. The molecule has 0 aliphatic rings. The van der Waals surface area contributed by atoms with Crippen molar-refractivity contribution in [3.05, 3.63) is 56.7 Å². The van der Waals surface area contributed by atoms with Gasteiger partial charge in [0, 0.05) is 18.7 Å². The molecule has 1 aromatic heterocycles. The Morgan fingerprint density at radius 1 is 1.23 bits per heavy atom. The Bertz CT molecular complexity index is 869. The van der Waals surface area contributed by atoms with Crippen molar-refractivity contribution >= 4 is 17.4 Å². The third-order valence-electron chi connectivity index (χ3n) is 4.03. The molecule has 26 heavy (non-hydrogen) atoms. The quantitative estimate of drug-likeness (QED) is 0.792. The number of nitrogen functional groups attached to an aromatic ring is 1. The Kier molecular flexibility index (Phi) is 6.38. The Morgan fingerprint density at radius 2 is 1.88 bits per heavy atom. The highest BCUT2D eigenvalue weighted by Gasteiger charge is 2.25. The Morgan fingerprint density at radius 3 is 2.46 bits per heavy atom. The zero-order valence-corrected chi connectivity index (χ0v) is 15.5. The van der Waals surface area contributed by atoms with Gasteiger partial charge in [-0.3, -0.25) is 19.1 Å². The van der Waals surface area contributed by atoms with Gasteiger partial charge in [-0.15, -0.1) is 0 Å². The summed E-state index contributed by atoms with van der Waals surface area (Å²) in [4.78, 5) is 41.3. The maximum absolute atomic E-state index is 13.0. The number of H-pyrrole nitrogens is 1. The first kappa shape index (κ1) is 19.5. The second-order valence-electron chi connectivity index (χ2n) is 6.67. The van der Waals surface area contributed by atoms with Crippen LogP contribution in [0.4, 0.5) is 11.5 Å². The topological polar surface area (TPSA) is 101 Å². The molecule has 3 N–H and O–H groups in total. The van der Waals surface area contributed by atoms with Gasteiger partial charge in [0.2, 0.25) is 0 Å². The largest absolute Gasteiger partial charge is 0.383 e. The number of carbonyl (C=O) groups excluding carboxylic acids is 1. The zero-order chi connectivity index (χ0) is 19.3. The number of benzene rings is 1. The molecule has 140 valence electrons. The van der Waals surface area contributed by atoms with Crippen molar-refractivity contribution in [3.63, 3.8) is 0 Å². The third-order valence-corrected chi connectivity index (χ3v) is 4.03. The average Bonchev–Trinajstić information content (AvgIpc) is 2.60. The van der Waals surface area contributed by atoms with Crippen LogP contribution in [0.5, 0.6) is 0 Å². The summed E-state index contributed by atoms with van der Waals surface area (Å²) in [5.74, 6) is -0.188. The SMILES string of the molecule is CCCCn1c(N)c(N(CC(C)C)C(=O)c2ccccc2)c(=O)[nH]c1=O. The van der Waals surface area contributed by atoms with Crippen LogP contribution in [0.2, 0.25) is 0 Å². The molecule has 1 amide bonds. The molecule has 0 spiro atoms. The fourth-order valence-electron chi connectivity index (χ4n) is 2.75. The van der Waals surface area contributed by atoms with Gasteiger partial charge in [0.15, 0.2) is 5.69 Å². The molecule has 7 heteroatoms. The lowest BCUT2D eigenvalue weighted by atomic mass is 10.1. The van der Waals surface area contributed by atoms with E-state index in [0.29, 0.717) is 18.7 Å². The predicted octanol–water partition coefficient (Wildman–Crippen LogP) is 2.22. The smallest absolute Gasteiger partial charge is 0.330 e. The molecule has 0 aliphatic carbocycles. The number of aromatic nitrogens is 2. The maximum atomic E-state index is 13.0. The van der Waals surface area contributed by atoms with Gasteiger partial charge in [0.25, 0.3) is 11.5 Å². The van der Waals surface area contributed by atoms with Crippen LogP contribution in [-0.2, 0) is 6.54 Å². The average molecular weight is 358 g/mol. The first-order valence-corrected chi connectivity index (χ1v) is 8.86. The van der Waals surface area contributed by atoms with Gasteiger partial charge in [-0.05, 0) is 24.5 Å². The van der Waals surface area contributed by atoms with E-state index >= 15 is 0 Å². The first-order valence-electron chi connectivity index (χ1n) is 8.86. The van der Waals surface area contributed by atoms with E-state index in [1.807, 2.05) is 26.8 Å². The Hall–Kier alpha value is -2.83. The van der Waals surface area contributed by atoms with Crippen molar-refractivity contribution in [2.45, 2.75) is 40.2 Å². The Balaban J connectivity index is 2.60. The van der Waals surface area contributed by atoms with Crippen molar-refractivity contribution in [2.75, 3.05) is 17.2 Å². The van der Waals surface area contributed by atoms with Crippen LogP contribution in [0.1, 0.15) is 44.0 Å². The van der Waals surface area contributed by atoms with Crippen LogP contribution >= 0.6 is 0 Å². The minimum absolute atomic E-state index is 0.0251. The predicted molar refractivity (Wildman–Crippen MR) is 104 cm³/mol. The van der Waals surface area contributed by atoms with E-state index in [1.165, 1.54) is 9.47 Å². The minimum atomic E-state index is -0.648. The molecule has 0 bridgehead atoms. The maximum Gasteiger partial charge on any atom is 0.330 e. The van der Waals surface area contributed by atoms with Gasteiger partial charge in [0.1, 0.15) is 5.82 Å². The molecule has 0 unspecified atom stereocenters. The summed E-state index contributed by atoms with van der Waals surface area (Å²) in [5, 5.41) is 0. The molecule has 2 aromatic rings. The molecule has 2 rings (SSSR count). The summed E-state index contributed by atoms with van der Waals surface area (Å²) in [6.07, 6.45) is 1.62. The Labute approximate surface area is 152 Å². The van der Waals surface area contributed by atoms with Crippen LogP contribution in [0.15, 0.2) is 39.9 Å². The molecule has 0 saturated carbocycles. The first-order chi connectivity index (χ1) is 12.4. The number of nitrogens with two attached hydrogens (primary N) is 1. The van der Waals surface area contributed by atoms with Crippen LogP contribution in [0.3, 0.4) is 0 Å². The lowest BCUT2D eigenvalue weighted by Gasteiger charge is -2.26. The molecule has 7 nitrogen and oxygen atoms in total. The van der Waals surface area contributed by atoms with Gasteiger partial charge in [-0.25, -0.2) is 4.79 Å². The molecular weight excluding hydrogens is 332 g/mol. The number of rotatable bonds is 7. The summed E-state index contributed by atoms with van der Waals surface area (Å²) in [7, 11) is 0. The van der Waals surface area contributed by atoms with Crippen molar-refractivity contribution in [2.24, 2.45) is 5.92 Å². The number of hydrogen-bond acceptors (Lipinski definition) is 4. The highest BCUT2D eigenvalue weighted by atomic mass is 16.2. The van der Waals surface area contributed by atoms with E-state index in [2.05, 4.69) is 4.98 Å². The van der Waals surface area contributed by atoms with Crippen molar-refractivity contribution < 1.29 is 4.79 Å². The zero-order valence-electron chi connectivity index (χ0n) is 15.5. The number of nitrogens with zero attached hydrogens (tertiary/aromatic N) is 2. The van der Waals surface area contributed by atoms with Gasteiger partial charge in [0.05, 0.1) is 0 Å².